The Morgan fingerprint density at radius 2 is 1.96 bits per heavy atom. The van der Waals surface area contributed by atoms with Gasteiger partial charge < -0.3 is 10.1 Å². The molecule has 1 aliphatic heterocycles. The molecule has 3 fully saturated rings. The van der Waals surface area contributed by atoms with Crippen LogP contribution in [0.25, 0.3) is 0 Å². The van der Waals surface area contributed by atoms with Gasteiger partial charge in [0, 0.05) is 31.0 Å². The number of fused-ring (bicyclic) bond motifs is 1. The second-order valence-electron chi connectivity index (χ2n) is 8.30. The van der Waals surface area contributed by atoms with Crippen LogP contribution in [0.3, 0.4) is 0 Å². The summed E-state index contributed by atoms with van der Waals surface area (Å²) in [6, 6.07) is 0.332. The number of carbonyl (C=O) groups is 1. The van der Waals surface area contributed by atoms with E-state index in [0.717, 1.165) is 12.8 Å². The fraction of sp³-hybridized carbons (Fsp3) is 0.895. The SMILES string of the molecule is COC[C@H](C)N/C(=N\C1NNC2CCCCC21)NC(=O)C1CCC(F)C(F)C1. The van der Waals surface area contributed by atoms with Gasteiger partial charge in [-0.3, -0.25) is 15.5 Å². The number of methoxy groups -OCH3 is 1. The van der Waals surface area contributed by atoms with Crippen LogP contribution in [0.5, 0.6) is 0 Å². The van der Waals surface area contributed by atoms with Crippen LogP contribution in [-0.2, 0) is 9.53 Å². The van der Waals surface area contributed by atoms with E-state index >= 15 is 0 Å². The molecule has 3 rings (SSSR count). The lowest BCUT2D eigenvalue weighted by atomic mass is 9.84. The van der Waals surface area contributed by atoms with Crippen molar-refractivity contribution in [2.75, 3.05) is 13.7 Å². The molecule has 0 aromatic heterocycles. The lowest BCUT2D eigenvalue weighted by Gasteiger charge is -2.28. The van der Waals surface area contributed by atoms with E-state index in [1.165, 1.54) is 12.8 Å². The Morgan fingerprint density at radius 1 is 1.18 bits per heavy atom. The Hall–Kier alpha value is -1.32. The minimum absolute atomic E-state index is 0.0592. The molecule has 3 aliphatic rings. The van der Waals surface area contributed by atoms with Gasteiger partial charge in [-0.25, -0.2) is 19.2 Å². The number of aliphatic imine (C=N–C) groups is 1. The van der Waals surface area contributed by atoms with E-state index in [-0.39, 0.29) is 31.0 Å². The quantitative estimate of drug-likeness (QED) is 0.415. The van der Waals surface area contributed by atoms with Crippen molar-refractivity contribution < 1.29 is 18.3 Å². The van der Waals surface area contributed by atoms with Crippen molar-refractivity contribution >= 4 is 11.9 Å². The van der Waals surface area contributed by atoms with Crippen molar-refractivity contribution in [3.63, 3.8) is 0 Å². The fourth-order valence-electron chi connectivity index (χ4n) is 4.45. The van der Waals surface area contributed by atoms with Gasteiger partial charge >= 0.3 is 0 Å². The number of alkyl halides is 2. The molecule has 2 aliphatic carbocycles. The molecular formula is C19H33F2N5O2. The second kappa shape index (κ2) is 9.93. The molecule has 0 bridgehead atoms. The maximum atomic E-state index is 13.7. The molecule has 1 saturated heterocycles. The number of amides is 1. The zero-order chi connectivity index (χ0) is 20.1. The lowest BCUT2D eigenvalue weighted by molar-refractivity contribution is -0.125. The largest absolute Gasteiger partial charge is 0.383 e. The standard InChI is InChI=1S/C19H33F2N5O2/c1-11(10-28-2)22-19(23-17-13-5-3-4-6-16(13)25-26-17)24-18(27)12-7-8-14(20)15(21)9-12/h11-17,25-26H,3-10H2,1-2H3,(H2,22,23,24,27)/t11-,12?,13?,14?,15?,16?,17?/m0/s1. The lowest BCUT2D eigenvalue weighted by Crippen LogP contribution is -2.50. The number of carbonyl (C=O) groups excluding carboxylic acids is 1. The van der Waals surface area contributed by atoms with Gasteiger partial charge in [0.25, 0.3) is 0 Å². The summed E-state index contributed by atoms with van der Waals surface area (Å²) in [6.45, 7) is 2.39. The Morgan fingerprint density at radius 3 is 2.71 bits per heavy atom. The van der Waals surface area contributed by atoms with Crippen LogP contribution in [0, 0.1) is 11.8 Å². The summed E-state index contributed by atoms with van der Waals surface area (Å²) in [5.41, 5.74) is 6.54. The molecule has 0 spiro atoms. The number of nitrogens with zero attached hydrogens (tertiary/aromatic N) is 1. The van der Waals surface area contributed by atoms with E-state index in [2.05, 4.69) is 21.5 Å². The van der Waals surface area contributed by atoms with Gasteiger partial charge in [0.1, 0.15) is 18.5 Å². The summed E-state index contributed by atoms with van der Waals surface area (Å²) in [6.07, 6.45) is 1.75. The first-order chi connectivity index (χ1) is 13.5. The summed E-state index contributed by atoms with van der Waals surface area (Å²) in [5.74, 6) is -0.115. The molecule has 7 atom stereocenters. The molecular weight excluding hydrogens is 368 g/mol. The van der Waals surface area contributed by atoms with Crippen molar-refractivity contribution in [1.82, 2.24) is 21.5 Å². The van der Waals surface area contributed by atoms with Gasteiger partial charge in [-0.1, -0.05) is 12.8 Å². The first-order valence-corrected chi connectivity index (χ1v) is 10.4. The van der Waals surface area contributed by atoms with Crippen LogP contribution in [0.1, 0.15) is 51.9 Å². The Kier molecular flexibility index (Phi) is 7.59. The van der Waals surface area contributed by atoms with Crippen molar-refractivity contribution in [3.8, 4) is 0 Å². The maximum Gasteiger partial charge on any atom is 0.229 e. The zero-order valence-corrected chi connectivity index (χ0v) is 16.7. The van der Waals surface area contributed by atoms with Crippen LogP contribution >= 0.6 is 0 Å². The normalized spacial score (nSPS) is 37.2. The predicted octanol–water partition coefficient (Wildman–Crippen LogP) is 1.55. The molecule has 1 heterocycles. The number of rotatable bonds is 5. The molecule has 7 nitrogen and oxygen atoms in total. The Labute approximate surface area is 165 Å². The van der Waals surface area contributed by atoms with Gasteiger partial charge in [-0.05, 0) is 39.0 Å². The molecule has 6 unspecified atom stereocenters. The highest BCUT2D eigenvalue weighted by molar-refractivity contribution is 5.98. The minimum Gasteiger partial charge on any atom is -0.383 e. The van der Waals surface area contributed by atoms with E-state index in [4.69, 9.17) is 9.73 Å². The van der Waals surface area contributed by atoms with Crippen molar-refractivity contribution in [2.24, 2.45) is 16.8 Å². The highest BCUT2D eigenvalue weighted by Crippen LogP contribution is 2.31. The van der Waals surface area contributed by atoms with Crippen molar-refractivity contribution in [3.05, 3.63) is 0 Å². The third-order valence-electron chi connectivity index (χ3n) is 6.01. The highest BCUT2D eigenvalue weighted by atomic mass is 19.2. The van der Waals surface area contributed by atoms with E-state index in [1.807, 2.05) is 6.92 Å². The Bertz CT molecular complexity index is 564. The minimum atomic E-state index is -1.58. The zero-order valence-electron chi connectivity index (χ0n) is 16.7. The third-order valence-corrected chi connectivity index (χ3v) is 6.01. The summed E-state index contributed by atoms with van der Waals surface area (Å²) in [7, 11) is 1.61. The van der Waals surface area contributed by atoms with Crippen molar-refractivity contribution in [1.29, 1.82) is 0 Å². The number of hydrogen-bond donors (Lipinski definition) is 4. The van der Waals surface area contributed by atoms with E-state index < -0.39 is 18.3 Å². The second-order valence-corrected chi connectivity index (χ2v) is 8.30. The molecule has 1 amide bonds. The Balaban J connectivity index is 1.67. The van der Waals surface area contributed by atoms with Gasteiger partial charge in [-0.15, -0.1) is 0 Å². The van der Waals surface area contributed by atoms with Gasteiger partial charge in [0.05, 0.1) is 6.61 Å². The predicted molar refractivity (Wildman–Crippen MR) is 103 cm³/mol. The smallest absolute Gasteiger partial charge is 0.229 e. The number of nitrogens with one attached hydrogen (secondary N) is 4. The maximum absolute atomic E-state index is 13.7. The average molecular weight is 402 g/mol. The topological polar surface area (TPSA) is 86.8 Å². The van der Waals surface area contributed by atoms with Crippen LogP contribution in [0.15, 0.2) is 4.99 Å². The summed E-state index contributed by atoms with van der Waals surface area (Å²) >= 11 is 0. The molecule has 2 saturated carbocycles. The number of hydrogen-bond acceptors (Lipinski definition) is 5. The number of hydrazine groups is 1. The van der Waals surface area contributed by atoms with E-state index in [9.17, 15) is 13.6 Å². The monoisotopic (exact) mass is 401 g/mol. The first kappa shape index (κ1) is 21.4. The van der Waals surface area contributed by atoms with E-state index in [0.29, 0.717) is 30.9 Å². The molecule has 0 radical (unpaired) electrons. The molecule has 28 heavy (non-hydrogen) atoms. The molecule has 0 aromatic rings. The fourth-order valence-corrected chi connectivity index (χ4v) is 4.45. The van der Waals surface area contributed by atoms with Gasteiger partial charge in [0.2, 0.25) is 5.91 Å². The molecule has 160 valence electrons. The molecule has 4 N–H and O–H groups in total. The van der Waals surface area contributed by atoms with E-state index in [1.54, 1.807) is 7.11 Å². The van der Waals surface area contributed by atoms with Gasteiger partial charge in [-0.2, -0.15) is 0 Å². The molecule has 9 heteroatoms. The summed E-state index contributed by atoms with van der Waals surface area (Å²) in [4.78, 5) is 17.4. The van der Waals surface area contributed by atoms with Crippen LogP contribution in [-0.4, -0.2) is 56.2 Å². The van der Waals surface area contributed by atoms with Crippen LogP contribution < -0.4 is 21.5 Å². The number of halogens is 2. The van der Waals surface area contributed by atoms with Gasteiger partial charge in [0.15, 0.2) is 5.96 Å². The molecule has 0 aromatic carbocycles. The summed E-state index contributed by atoms with van der Waals surface area (Å²) < 4.78 is 32.3. The number of ether oxygens (including phenoxy) is 1. The first-order valence-electron chi connectivity index (χ1n) is 10.4. The summed E-state index contributed by atoms with van der Waals surface area (Å²) in [5, 5.41) is 6.01. The average Bonchev–Trinajstić information content (AvgIpc) is 3.07. The number of guanidine groups is 1. The van der Waals surface area contributed by atoms with Crippen LogP contribution in [0.2, 0.25) is 0 Å². The van der Waals surface area contributed by atoms with Crippen molar-refractivity contribution in [2.45, 2.75) is 82.5 Å². The van der Waals surface area contributed by atoms with Crippen LogP contribution in [0.4, 0.5) is 8.78 Å². The third kappa shape index (κ3) is 5.39. The highest BCUT2D eigenvalue weighted by Gasteiger charge is 2.38.